The van der Waals surface area contributed by atoms with Crippen molar-refractivity contribution in [1.29, 1.82) is 0 Å². The topological polar surface area (TPSA) is 47.8 Å². The van der Waals surface area contributed by atoms with E-state index in [2.05, 4.69) is 9.97 Å². The predicted molar refractivity (Wildman–Crippen MR) is 79.5 cm³/mol. The molecule has 0 aliphatic heterocycles. The molecule has 0 saturated carbocycles. The van der Waals surface area contributed by atoms with Crippen molar-refractivity contribution < 1.29 is 0 Å². The van der Waals surface area contributed by atoms with Gasteiger partial charge in [-0.05, 0) is 24.3 Å². The maximum absolute atomic E-state index is 12.7. The molecule has 0 aliphatic rings. The molecule has 3 aromatic rings. The van der Waals surface area contributed by atoms with Crippen molar-refractivity contribution in [3.63, 3.8) is 0 Å². The summed E-state index contributed by atoms with van der Waals surface area (Å²) in [6, 6.07) is 8.92. The number of hydrogen-bond acceptors (Lipinski definition) is 3. The zero-order valence-electron chi connectivity index (χ0n) is 10.9. The molecule has 0 amide bonds. The number of hydrogen-bond donors (Lipinski definition) is 0. The Bertz CT molecular complexity index is 828. The van der Waals surface area contributed by atoms with Crippen LogP contribution in [0.15, 0.2) is 47.5 Å². The van der Waals surface area contributed by atoms with Crippen molar-refractivity contribution in [2.75, 3.05) is 0 Å². The number of fused-ring (bicyclic) bond motifs is 1. The summed E-state index contributed by atoms with van der Waals surface area (Å²) in [4.78, 5) is 21.3. The normalized spacial score (nSPS) is 10.9. The highest BCUT2D eigenvalue weighted by Crippen LogP contribution is 2.20. The molecule has 5 heteroatoms. The van der Waals surface area contributed by atoms with E-state index >= 15 is 0 Å². The summed E-state index contributed by atoms with van der Waals surface area (Å²) in [5.41, 5.74) is 1.16. The number of aryl methyl sites for hydroxylation is 1. The highest BCUT2D eigenvalue weighted by Gasteiger charge is 2.13. The third-order valence-electron chi connectivity index (χ3n) is 3.14. The third-order valence-corrected chi connectivity index (χ3v) is 3.45. The fourth-order valence-corrected chi connectivity index (χ4v) is 2.48. The predicted octanol–water partition coefficient (Wildman–Crippen LogP) is 3.00. The van der Waals surface area contributed by atoms with Gasteiger partial charge >= 0.3 is 0 Å². The van der Waals surface area contributed by atoms with Crippen LogP contribution in [0.3, 0.4) is 0 Å². The number of aromatic nitrogens is 3. The van der Waals surface area contributed by atoms with Crippen molar-refractivity contribution in [3.8, 4) is 5.69 Å². The molecule has 0 aliphatic carbocycles. The van der Waals surface area contributed by atoms with Crippen LogP contribution in [-0.4, -0.2) is 14.5 Å². The fraction of sp³-hybridized carbons (Fsp3) is 0.133. The molecule has 3 rings (SSSR count). The summed E-state index contributed by atoms with van der Waals surface area (Å²) in [6.45, 7) is 1.96. The lowest BCUT2D eigenvalue weighted by Gasteiger charge is -2.12. The molecule has 0 saturated heterocycles. The molecule has 0 radical (unpaired) electrons. The molecular formula is C15H12ClN3O. The number of nitrogens with zero attached hydrogens (tertiary/aromatic N) is 3. The van der Waals surface area contributed by atoms with Crippen LogP contribution in [0, 0.1) is 0 Å². The van der Waals surface area contributed by atoms with E-state index in [4.69, 9.17) is 11.6 Å². The third kappa shape index (κ3) is 1.98. The van der Waals surface area contributed by atoms with Gasteiger partial charge in [0.2, 0.25) is 0 Å². The van der Waals surface area contributed by atoms with Crippen LogP contribution in [-0.2, 0) is 6.42 Å². The molecule has 0 bridgehead atoms. The summed E-state index contributed by atoms with van der Waals surface area (Å²) < 4.78 is 1.57. The number of pyridine rings is 1. The van der Waals surface area contributed by atoms with Crippen LogP contribution in [0.4, 0.5) is 0 Å². The first-order chi connectivity index (χ1) is 9.72. The highest BCUT2D eigenvalue weighted by atomic mass is 35.5. The summed E-state index contributed by atoms with van der Waals surface area (Å²) in [5.74, 6) is 0.692. The zero-order chi connectivity index (χ0) is 14.1. The smallest absolute Gasteiger partial charge is 0.267 e. The summed E-state index contributed by atoms with van der Waals surface area (Å²) in [7, 11) is 0. The van der Waals surface area contributed by atoms with Crippen LogP contribution in [0.5, 0.6) is 0 Å². The molecule has 100 valence electrons. The molecule has 20 heavy (non-hydrogen) atoms. The average molecular weight is 286 g/mol. The maximum Gasteiger partial charge on any atom is 0.267 e. The van der Waals surface area contributed by atoms with Crippen LogP contribution >= 0.6 is 11.6 Å². The van der Waals surface area contributed by atoms with Gasteiger partial charge in [-0.3, -0.25) is 14.3 Å². The second-order valence-corrected chi connectivity index (χ2v) is 4.77. The molecule has 4 nitrogen and oxygen atoms in total. The SMILES string of the molecule is CCc1nc2cccc(Cl)c2c(=O)n1-c1cccnc1. The lowest BCUT2D eigenvalue weighted by Crippen LogP contribution is -2.24. The molecular weight excluding hydrogens is 274 g/mol. The Morgan fingerprint density at radius 2 is 2.10 bits per heavy atom. The molecule has 0 fully saturated rings. The van der Waals surface area contributed by atoms with Crippen molar-refractivity contribution in [2.45, 2.75) is 13.3 Å². The van der Waals surface area contributed by atoms with Crippen LogP contribution in [0.1, 0.15) is 12.7 Å². The molecule has 0 N–H and O–H groups in total. The van der Waals surface area contributed by atoms with Gasteiger partial charge in [0.05, 0.1) is 27.8 Å². The van der Waals surface area contributed by atoms with E-state index in [0.29, 0.717) is 33.9 Å². The number of halogens is 1. The Kier molecular flexibility index (Phi) is 3.24. The van der Waals surface area contributed by atoms with Crippen LogP contribution in [0.25, 0.3) is 16.6 Å². The summed E-state index contributed by atoms with van der Waals surface area (Å²) in [5, 5.41) is 0.857. The Balaban J connectivity index is 2.45. The van der Waals surface area contributed by atoms with Gasteiger partial charge in [-0.2, -0.15) is 0 Å². The van der Waals surface area contributed by atoms with E-state index in [1.165, 1.54) is 0 Å². The first-order valence-corrected chi connectivity index (χ1v) is 6.70. The lowest BCUT2D eigenvalue weighted by molar-refractivity contribution is 0.830. The minimum Gasteiger partial charge on any atom is -0.268 e. The lowest BCUT2D eigenvalue weighted by atomic mass is 10.2. The minimum atomic E-state index is -0.162. The van der Waals surface area contributed by atoms with Gasteiger partial charge in [0.25, 0.3) is 5.56 Å². The molecule has 0 spiro atoms. The fourth-order valence-electron chi connectivity index (χ4n) is 2.23. The molecule has 1 aromatic carbocycles. The molecule has 2 heterocycles. The van der Waals surface area contributed by atoms with Gasteiger partial charge < -0.3 is 0 Å². The van der Waals surface area contributed by atoms with E-state index < -0.39 is 0 Å². The first kappa shape index (κ1) is 12.8. The van der Waals surface area contributed by atoms with Crippen LogP contribution in [0.2, 0.25) is 5.02 Å². The second-order valence-electron chi connectivity index (χ2n) is 4.37. The second kappa shape index (κ2) is 5.06. The quantitative estimate of drug-likeness (QED) is 0.727. The number of benzene rings is 1. The first-order valence-electron chi connectivity index (χ1n) is 6.33. The Morgan fingerprint density at radius 1 is 1.25 bits per heavy atom. The zero-order valence-corrected chi connectivity index (χ0v) is 11.6. The van der Waals surface area contributed by atoms with Gasteiger partial charge in [0, 0.05) is 12.6 Å². The average Bonchev–Trinajstić information content (AvgIpc) is 2.47. The van der Waals surface area contributed by atoms with Crippen molar-refractivity contribution in [1.82, 2.24) is 14.5 Å². The molecule has 0 unspecified atom stereocenters. The Labute approximate surface area is 120 Å². The van der Waals surface area contributed by atoms with Gasteiger partial charge in [-0.25, -0.2) is 4.98 Å². The highest BCUT2D eigenvalue weighted by molar-refractivity contribution is 6.35. The molecule has 2 aromatic heterocycles. The molecule has 0 atom stereocenters. The van der Waals surface area contributed by atoms with E-state index in [-0.39, 0.29) is 5.56 Å². The van der Waals surface area contributed by atoms with Crippen molar-refractivity contribution in [3.05, 3.63) is 63.9 Å². The Hall–Kier alpha value is -2.20. The van der Waals surface area contributed by atoms with E-state index in [9.17, 15) is 4.79 Å². The van der Waals surface area contributed by atoms with E-state index in [1.54, 1.807) is 41.2 Å². The van der Waals surface area contributed by atoms with Gasteiger partial charge in [0.15, 0.2) is 0 Å². The van der Waals surface area contributed by atoms with Crippen LogP contribution < -0.4 is 5.56 Å². The van der Waals surface area contributed by atoms with Gasteiger partial charge in [-0.15, -0.1) is 0 Å². The van der Waals surface area contributed by atoms with E-state index in [0.717, 1.165) is 0 Å². The monoisotopic (exact) mass is 285 g/mol. The number of rotatable bonds is 2. The summed E-state index contributed by atoms with van der Waals surface area (Å²) in [6.07, 6.45) is 3.96. The van der Waals surface area contributed by atoms with Gasteiger partial charge in [0.1, 0.15) is 5.82 Å². The Morgan fingerprint density at radius 3 is 2.80 bits per heavy atom. The van der Waals surface area contributed by atoms with E-state index in [1.807, 2.05) is 13.0 Å². The van der Waals surface area contributed by atoms with Crippen molar-refractivity contribution in [2.24, 2.45) is 0 Å². The van der Waals surface area contributed by atoms with Crippen molar-refractivity contribution >= 4 is 22.5 Å². The van der Waals surface area contributed by atoms with Gasteiger partial charge in [-0.1, -0.05) is 24.6 Å². The summed E-state index contributed by atoms with van der Waals surface area (Å²) >= 11 is 6.15. The minimum absolute atomic E-state index is 0.162. The maximum atomic E-state index is 12.7. The largest absolute Gasteiger partial charge is 0.268 e. The standard InChI is InChI=1S/C15H12ClN3O/c1-2-13-18-12-7-3-6-11(16)14(12)15(20)19(13)10-5-4-8-17-9-10/h3-9H,2H2,1H3.